The molecule has 0 amide bonds. The number of hydrogen-bond acceptors (Lipinski definition) is 4. The van der Waals surface area contributed by atoms with Crippen LogP contribution in [0.2, 0.25) is 0 Å². The van der Waals surface area contributed by atoms with Gasteiger partial charge in [0.15, 0.2) is 0 Å². The summed E-state index contributed by atoms with van der Waals surface area (Å²) in [5.74, 6) is 0.989. The molecule has 0 aliphatic carbocycles. The SMILES string of the molecule is C[C@@H](N)c1ccc(Oc2cc([N+](=O)[O-])ccc2Br)cc1. The number of non-ortho nitro benzene ring substituents is 1. The molecule has 0 fully saturated rings. The quantitative estimate of drug-likeness (QED) is 0.671. The van der Waals surface area contributed by atoms with Gasteiger partial charge in [-0.3, -0.25) is 10.1 Å². The van der Waals surface area contributed by atoms with Gasteiger partial charge >= 0.3 is 0 Å². The van der Waals surface area contributed by atoms with E-state index in [1.165, 1.54) is 12.1 Å². The minimum atomic E-state index is -0.460. The molecule has 0 bridgehead atoms. The lowest BCUT2D eigenvalue weighted by atomic mass is 10.1. The van der Waals surface area contributed by atoms with Gasteiger partial charge in [0.25, 0.3) is 5.69 Å². The summed E-state index contributed by atoms with van der Waals surface area (Å²) < 4.78 is 6.29. The Morgan fingerprint density at radius 1 is 1.25 bits per heavy atom. The van der Waals surface area contributed by atoms with E-state index in [0.29, 0.717) is 16.0 Å². The van der Waals surface area contributed by atoms with Crippen LogP contribution >= 0.6 is 15.9 Å². The van der Waals surface area contributed by atoms with Gasteiger partial charge in [-0.25, -0.2) is 0 Å². The molecule has 1 atom stereocenters. The maximum absolute atomic E-state index is 10.8. The fraction of sp³-hybridized carbons (Fsp3) is 0.143. The maximum atomic E-state index is 10.8. The van der Waals surface area contributed by atoms with Crippen molar-refractivity contribution >= 4 is 21.6 Å². The summed E-state index contributed by atoms with van der Waals surface area (Å²) in [6.07, 6.45) is 0. The van der Waals surface area contributed by atoms with Crippen LogP contribution in [-0.2, 0) is 0 Å². The van der Waals surface area contributed by atoms with Crippen LogP contribution in [-0.4, -0.2) is 4.92 Å². The smallest absolute Gasteiger partial charge is 0.273 e. The summed E-state index contributed by atoms with van der Waals surface area (Å²) in [5, 5.41) is 10.8. The van der Waals surface area contributed by atoms with Crippen molar-refractivity contribution < 1.29 is 9.66 Å². The Morgan fingerprint density at radius 3 is 2.45 bits per heavy atom. The molecule has 0 heterocycles. The fourth-order valence-corrected chi connectivity index (χ4v) is 1.98. The predicted molar refractivity (Wildman–Crippen MR) is 79.9 cm³/mol. The molecule has 0 radical (unpaired) electrons. The van der Waals surface area contributed by atoms with Gasteiger partial charge in [-0.2, -0.15) is 0 Å². The average Bonchev–Trinajstić information content (AvgIpc) is 2.41. The van der Waals surface area contributed by atoms with E-state index in [1.807, 2.05) is 19.1 Å². The standard InChI is InChI=1S/C14H13BrN2O3/c1-9(16)10-2-5-12(6-3-10)20-14-8-11(17(18)19)4-7-13(14)15/h2-9H,16H2,1H3/t9-/m1/s1. The second kappa shape index (κ2) is 6.02. The van der Waals surface area contributed by atoms with Gasteiger partial charge in [-0.1, -0.05) is 12.1 Å². The highest BCUT2D eigenvalue weighted by atomic mass is 79.9. The fourth-order valence-electron chi connectivity index (χ4n) is 1.65. The zero-order valence-corrected chi connectivity index (χ0v) is 12.3. The molecule has 0 aliphatic heterocycles. The summed E-state index contributed by atoms with van der Waals surface area (Å²) in [6, 6.07) is 11.6. The third kappa shape index (κ3) is 3.34. The van der Waals surface area contributed by atoms with Gasteiger partial charge in [-0.05, 0) is 46.6 Å². The van der Waals surface area contributed by atoms with Gasteiger partial charge in [0.1, 0.15) is 11.5 Å². The molecule has 0 aromatic heterocycles. The zero-order chi connectivity index (χ0) is 14.7. The molecule has 5 nitrogen and oxygen atoms in total. The molecule has 2 rings (SSSR count). The van der Waals surface area contributed by atoms with Crippen molar-refractivity contribution in [3.63, 3.8) is 0 Å². The van der Waals surface area contributed by atoms with Crippen LogP contribution in [0.3, 0.4) is 0 Å². The summed E-state index contributed by atoms with van der Waals surface area (Å²) >= 11 is 3.31. The number of nitrogens with two attached hydrogens (primary N) is 1. The van der Waals surface area contributed by atoms with E-state index in [0.717, 1.165) is 5.56 Å². The Kier molecular flexibility index (Phi) is 4.36. The summed E-state index contributed by atoms with van der Waals surface area (Å²) in [4.78, 5) is 10.3. The predicted octanol–water partition coefficient (Wildman–Crippen LogP) is 4.17. The Bertz CT molecular complexity index is 627. The first-order valence-corrected chi connectivity index (χ1v) is 6.74. The molecule has 2 aromatic carbocycles. The Morgan fingerprint density at radius 2 is 1.90 bits per heavy atom. The molecule has 0 saturated carbocycles. The zero-order valence-electron chi connectivity index (χ0n) is 10.7. The molecule has 2 aromatic rings. The first-order chi connectivity index (χ1) is 9.47. The van der Waals surface area contributed by atoms with Crippen LogP contribution in [0.5, 0.6) is 11.5 Å². The molecule has 0 spiro atoms. The lowest BCUT2D eigenvalue weighted by Gasteiger charge is -2.09. The second-order valence-corrected chi connectivity index (χ2v) is 5.19. The van der Waals surface area contributed by atoms with Crippen LogP contribution in [0.25, 0.3) is 0 Å². The van der Waals surface area contributed by atoms with Gasteiger partial charge in [0, 0.05) is 12.1 Å². The molecule has 6 heteroatoms. The first kappa shape index (κ1) is 14.5. The van der Waals surface area contributed by atoms with Crippen molar-refractivity contribution in [2.24, 2.45) is 5.73 Å². The molecule has 2 N–H and O–H groups in total. The van der Waals surface area contributed by atoms with Crippen LogP contribution in [0, 0.1) is 10.1 Å². The third-order valence-corrected chi connectivity index (χ3v) is 3.41. The monoisotopic (exact) mass is 336 g/mol. The minimum Gasteiger partial charge on any atom is -0.456 e. The average molecular weight is 337 g/mol. The van der Waals surface area contributed by atoms with E-state index in [2.05, 4.69) is 15.9 Å². The van der Waals surface area contributed by atoms with Crippen molar-refractivity contribution in [2.75, 3.05) is 0 Å². The van der Waals surface area contributed by atoms with Crippen LogP contribution in [0.1, 0.15) is 18.5 Å². The highest BCUT2D eigenvalue weighted by Crippen LogP contribution is 2.33. The van der Waals surface area contributed by atoms with E-state index in [4.69, 9.17) is 10.5 Å². The normalized spacial score (nSPS) is 11.9. The number of benzene rings is 2. The van der Waals surface area contributed by atoms with E-state index >= 15 is 0 Å². The molecular formula is C14H13BrN2O3. The minimum absolute atomic E-state index is 0.0181. The number of rotatable bonds is 4. The maximum Gasteiger partial charge on any atom is 0.273 e. The second-order valence-electron chi connectivity index (χ2n) is 4.33. The third-order valence-electron chi connectivity index (χ3n) is 2.76. The van der Waals surface area contributed by atoms with Crippen molar-refractivity contribution in [3.05, 3.63) is 62.6 Å². The molecule has 0 aliphatic rings. The highest BCUT2D eigenvalue weighted by molar-refractivity contribution is 9.10. The van der Waals surface area contributed by atoms with E-state index in [-0.39, 0.29) is 11.7 Å². The Balaban J connectivity index is 2.25. The van der Waals surface area contributed by atoms with Gasteiger partial charge in [0.05, 0.1) is 15.5 Å². The largest absolute Gasteiger partial charge is 0.456 e. The van der Waals surface area contributed by atoms with Gasteiger partial charge < -0.3 is 10.5 Å². The summed E-state index contributed by atoms with van der Waals surface area (Å²) in [7, 11) is 0. The van der Waals surface area contributed by atoms with E-state index in [9.17, 15) is 10.1 Å². The molecule has 20 heavy (non-hydrogen) atoms. The first-order valence-electron chi connectivity index (χ1n) is 5.94. The van der Waals surface area contributed by atoms with Crippen molar-refractivity contribution in [2.45, 2.75) is 13.0 Å². The molecule has 104 valence electrons. The number of ether oxygens (including phenoxy) is 1. The van der Waals surface area contributed by atoms with Crippen molar-refractivity contribution in [1.82, 2.24) is 0 Å². The number of hydrogen-bond donors (Lipinski definition) is 1. The molecule has 0 saturated heterocycles. The number of nitro groups is 1. The lowest BCUT2D eigenvalue weighted by Crippen LogP contribution is -2.04. The summed E-state index contributed by atoms with van der Waals surface area (Å²) in [5.41, 5.74) is 6.75. The molecular weight excluding hydrogens is 324 g/mol. The van der Waals surface area contributed by atoms with Crippen molar-refractivity contribution in [3.8, 4) is 11.5 Å². The number of nitro benzene ring substituents is 1. The number of halogens is 1. The van der Waals surface area contributed by atoms with E-state index in [1.54, 1.807) is 18.2 Å². The van der Waals surface area contributed by atoms with Crippen molar-refractivity contribution in [1.29, 1.82) is 0 Å². The van der Waals surface area contributed by atoms with Crippen LogP contribution in [0.4, 0.5) is 5.69 Å². The topological polar surface area (TPSA) is 78.4 Å². The Labute approximate surface area is 124 Å². The van der Waals surface area contributed by atoms with Crippen LogP contribution in [0.15, 0.2) is 46.9 Å². The Hall–Kier alpha value is -1.92. The molecule has 0 unspecified atom stereocenters. The van der Waals surface area contributed by atoms with Gasteiger partial charge in [-0.15, -0.1) is 0 Å². The van der Waals surface area contributed by atoms with E-state index < -0.39 is 4.92 Å². The summed E-state index contributed by atoms with van der Waals surface area (Å²) in [6.45, 7) is 1.90. The van der Waals surface area contributed by atoms with Gasteiger partial charge in [0.2, 0.25) is 0 Å². The van der Waals surface area contributed by atoms with Crippen LogP contribution < -0.4 is 10.5 Å². The highest BCUT2D eigenvalue weighted by Gasteiger charge is 2.11. The number of nitrogens with zero attached hydrogens (tertiary/aromatic N) is 1. The lowest BCUT2D eigenvalue weighted by molar-refractivity contribution is -0.384.